The Labute approximate surface area is 87.4 Å². The summed E-state index contributed by atoms with van der Waals surface area (Å²) in [4.78, 5) is 0. The van der Waals surface area contributed by atoms with Gasteiger partial charge in [-0.2, -0.15) is 0 Å². The van der Waals surface area contributed by atoms with Crippen molar-refractivity contribution in [1.29, 1.82) is 0 Å². The SMILES string of the molecule is [B]C1=CCC(C)c2c(CC)cccc21. The average Bonchev–Trinajstić information content (AvgIpc) is 2.23. The van der Waals surface area contributed by atoms with Crippen molar-refractivity contribution < 1.29 is 0 Å². The summed E-state index contributed by atoms with van der Waals surface area (Å²) in [6.45, 7) is 4.48. The van der Waals surface area contributed by atoms with Crippen LogP contribution in [0.3, 0.4) is 0 Å². The minimum absolute atomic E-state index is 0.619. The minimum Gasteiger partial charge on any atom is -0.0932 e. The minimum atomic E-state index is 0.619. The molecule has 0 bridgehead atoms. The summed E-state index contributed by atoms with van der Waals surface area (Å²) in [7, 11) is 5.99. The number of aryl methyl sites for hydroxylation is 1. The van der Waals surface area contributed by atoms with Crippen LogP contribution in [-0.2, 0) is 6.42 Å². The molecule has 1 aliphatic rings. The summed E-state index contributed by atoms with van der Waals surface area (Å²) in [6, 6.07) is 6.46. The van der Waals surface area contributed by atoms with Crippen molar-refractivity contribution in [3.63, 3.8) is 0 Å². The summed E-state index contributed by atoms with van der Waals surface area (Å²) in [5, 5.41) is 0. The molecule has 2 radical (unpaired) electrons. The molecule has 1 atom stereocenters. The van der Waals surface area contributed by atoms with E-state index in [4.69, 9.17) is 7.85 Å². The lowest BCUT2D eigenvalue weighted by molar-refractivity contribution is 0.757. The summed E-state index contributed by atoms with van der Waals surface area (Å²) in [5.41, 5.74) is 5.12. The van der Waals surface area contributed by atoms with Crippen molar-refractivity contribution in [3.05, 3.63) is 41.0 Å². The normalized spacial score (nSPS) is 20.1. The number of rotatable bonds is 1. The number of allylic oxidation sites excluding steroid dienone is 1. The van der Waals surface area contributed by atoms with E-state index in [9.17, 15) is 0 Å². The van der Waals surface area contributed by atoms with Crippen LogP contribution < -0.4 is 0 Å². The van der Waals surface area contributed by atoms with Crippen molar-refractivity contribution in [3.8, 4) is 0 Å². The van der Waals surface area contributed by atoms with E-state index in [0.717, 1.165) is 18.3 Å². The molecule has 0 aliphatic heterocycles. The molecular weight excluding hydrogens is 167 g/mol. The topological polar surface area (TPSA) is 0 Å². The maximum atomic E-state index is 5.99. The second kappa shape index (κ2) is 3.64. The van der Waals surface area contributed by atoms with E-state index < -0.39 is 0 Å². The quantitative estimate of drug-likeness (QED) is 0.584. The molecule has 1 aromatic carbocycles. The van der Waals surface area contributed by atoms with Gasteiger partial charge in [-0.3, -0.25) is 0 Å². The number of benzene rings is 1. The van der Waals surface area contributed by atoms with Crippen molar-refractivity contribution in [2.45, 2.75) is 32.6 Å². The van der Waals surface area contributed by atoms with Crippen LogP contribution in [0.25, 0.3) is 5.47 Å². The van der Waals surface area contributed by atoms with E-state index >= 15 is 0 Å². The molecule has 1 unspecified atom stereocenters. The van der Waals surface area contributed by atoms with Crippen LogP contribution in [0.15, 0.2) is 24.3 Å². The van der Waals surface area contributed by atoms with Gasteiger partial charge < -0.3 is 0 Å². The molecule has 0 nitrogen and oxygen atoms in total. The highest BCUT2D eigenvalue weighted by Crippen LogP contribution is 2.35. The standard InChI is InChI=1S/C13H15B/c1-3-10-5-4-6-11-12(14)8-7-9(2)13(10)11/h4-6,8-9H,3,7H2,1-2H3. The van der Waals surface area contributed by atoms with Gasteiger partial charge in [-0.15, -0.1) is 0 Å². The van der Waals surface area contributed by atoms with E-state index in [2.05, 4.69) is 38.1 Å². The van der Waals surface area contributed by atoms with E-state index in [1.807, 2.05) is 0 Å². The lowest BCUT2D eigenvalue weighted by Crippen LogP contribution is -2.07. The smallest absolute Gasteiger partial charge is 0.0932 e. The Bertz CT molecular complexity index is 377. The zero-order valence-corrected chi connectivity index (χ0v) is 8.88. The lowest BCUT2D eigenvalue weighted by Gasteiger charge is -2.24. The maximum absolute atomic E-state index is 5.99. The van der Waals surface area contributed by atoms with E-state index in [1.165, 1.54) is 16.7 Å². The molecule has 0 spiro atoms. The van der Waals surface area contributed by atoms with Gasteiger partial charge in [0.25, 0.3) is 0 Å². The molecule has 1 heteroatoms. The van der Waals surface area contributed by atoms with Gasteiger partial charge in [-0.1, -0.05) is 43.6 Å². The van der Waals surface area contributed by atoms with Gasteiger partial charge in [0.2, 0.25) is 0 Å². The highest BCUT2D eigenvalue weighted by atomic mass is 14.2. The van der Waals surface area contributed by atoms with Crippen molar-refractivity contribution in [2.24, 2.45) is 0 Å². The Morgan fingerprint density at radius 1 is 1.43 bits per heavy atom. The molecule has 1 aliphatic carbocycles. The second-order valence-electron chi connectivity index (χ2n) is 4.03. The molecule has 1 aromatic rings. The highest BCUT2D eigenvalue weighted by molar-refractivity contribution is 6.42. The van der Waals surface area contributed by atoms with E-state index in [1.54, 1.807) is 0 Å². The summed E-state index contributed by atoms with van der Waals surface area (Å²) < 4.78 is 0. The van der Waals surface area contributed by atoms with Crippen LogP contribution in [0, 0.1) is 0 Å². The Morgan fingerprint density at radius 3 is 2.93 bits per heavy atom. The fraction of sp³-hybridized carbons (Fsp3) is 0.385. The van der Waals surface area contributed by atoms with Crippen LogP contribution in [0.4, 0.5) is 0 Å². The summed E-state index contributed by atoms with van der Waals surface area (Å²) in [5.74, 6) is 0.619. The molecule has 0 fully saturated rings. The first-order chi connectivity index (χ1) is 6.74. The molecule has 0 amide bonds. The Hall–Kier alpha value is -0.975. The average molecular weight is 182 g/mol. The fourth-order valence-corrected chi connectivity index (χ4v) is 2.29. The van der Waals surface area contributed by atoms with E-state index in [0.29, 0.717) is 5.92 Å². The number of hydrogen-bond acceptors (Lipinski definition) is 0. The Kier molecular flexibility index (Phi) is 2.49. The van der Waals surface area contributed by atoms with Crippen LogP contribution in [0.2, 0.25) is 0 Å². The van der Waals surface area contributed by atoms with Gasteiger partial charge in [-0.05, 0) is 35.4 Å². The van der Waals surface area contributed by atoms with Crippen molar-refractivity contribution in [2.75, 3.05) is 0 Å². The van der Waals surface area contributed by atoms with Crippen LogP contribution in [0.5, 0.6) is 0 Å². The third-order valence-corrected chi connectivity index (χ3v) is 3.07. The molecule has 0 N–H and O–H groups in total. The Balaban J connectivity index is 2.62. The van der Waals surface area contributed by atoms with Gasteiger partial charge in [-0.25, -0.2) is 0 Å². The van der Waals surface area contributed by atoms with Crippen molar-refractivity contribution >= 4 is 13.3 Å². The molecule has 0 saturated heterocycles. The molecule has 0 heterocycles. The fourth-order valence-electron chi connectivity index (χ4n) is 2.29. The third-order valence-electron chi connectivity index (χ3n) is 3.07. The first-order valence-electron chi connectivity index (χ1n) is 5.31. The molecule has 0 saturated carbocycles. The summed E-state index contributed by atoms with van der Waals surface area (Å²) in [6.07, 6.45) is 4.32. The number of fused-ring (bicyclic) bond motifs is 1. The van der Waals surface area contributed by atoms with Gasteiger partial charge in [0.15, 0.2) is 0 Å². The van der Waals surface area contributed by atoms with Crippen LogP contribution >= 0.6 is 0 Å². The van der Waals surface area contributed by atoms with Crippen LogP contribution in [0.1, 0.15) is 42.9 Å². The number of hydrogen-bond donors (Lipinski definition) is 0. The molecule has 14 heavy (non-hydrogen) atoms. The van der Waals surface area contributed by atoms with E-state index in [-0.39, 0.29) is 0 Å². The molecular formula is C13H15B. The third kappa shape index (κ3) is 1.41. The van der Waals surface area contributed by atoms with Gasteiger partial charge in [0.05, 0.1) is 0 Å². The monoisotopic (exact) mass is 182 g/mol. The molecule has 70 valence electrons. The predicted octanol–water partition coefficient (Wildman–Crippen LogP) is 3.27. The van der Waals surface area contributed by atoms with Gasteiger partial charge >= 0.3 is 0 Å². The van der Waals surface area contributed by atoms with Gasteiger partial charge in [0, 0.05) is 0 Å². The Morgan fingerprint density at radius 2 is 2.21 bits per heavy atom. The first-order valence-corrected chi connectivity index (χ1v) is 5.31. The second-order valence-corrected chi connectivity index (χ2v) is 4.03. The first kappa shape index (κ1) is 9.58. The molecule has 0 aromatic heterocycles. The summed E-state index contributed by atoms with van der Waals surface area (Å²) >= 11 is 0. The molecule has 2 rings (SSSR count). The predicted molar refractivity (Wildman–Crippen MR) is 62.6 cm³/mol. The lowest BCUT2D eigenvalue weighted by atomic mass is 9.74. The zero-order valence-electron chi connectivity index (χ0n) is 8.88. The maximum Gasteiger partial charge on any atom is 0.114 e. The zero-order chi connectivity index (χ0) is 10.1. The highest BCUT2D eigenvalue weighted by Gasteiger charge is 2.17. The largest absolute Gasteiger partial charge is 0.114 e. The van der Waals surface area contributed by atoms with Crippen molar-refractivity contribution in [1.82, 2.24) is 0 Å². The van der Waals surface area contributed by atoms with Gasteiger partial charge in [0.1, 0.15) is 7.85 Å². The van der Waals surface area contributed by atoms with Crippen LogP contribution in [-0.4, -0.2) is 7.85 Å².